The molecule has 2 atom stereocenters. The van der Waals surface area contributed by atoms with Crippen LogP contribution in [-0.4, -0.2) is 27.0 Å². The molecule has 1 fully saturated rings. The molecule has 0 unspecified atom stereocenters. The molecule has 0 aliphatic carbocycles. The van der Waals surface area contributed by atoms with Crippen molar-refractivity contribution in [2.75, 3.05) is 12.8 Å². The first-order chi connectivity index (χ1) is 8.21. The molecule has 0 spiro atoms. The lowest BCUT2D eigenvalue weighted by Gasteiger charge is -2.36. The van der Waals surface area contributed by atoms with Gasteiger partial charge < -0.3 is 5.32 Å². The Kier molecular flexibility index (Phi) is 3.89. The molecular formula is C12H16N2OS2. The van der Waals surface area contributed by atoms with Crippen LogP contribution in [0, 0.1) is 0 Å². The lowest BCUT2D eigenvalue weighted by atomic mass is 9.93. The third-order valence-corrected chi connectivity index (χ3v) is 5.98. The fourth-order valence-corrected chi connectivity index (χ4v) is 4.70. The van der Waals surface area contributed by atoms with Crippen LogP contribution in [-0.2, 0) is 15.5 Å². The Labute approximate surface area is 109 Å². The van der Waals surface area contributed by atoms with Crippen LogP contribution >= 0.6 is 12.2 Å². The molecule has 1 aliphatic rings. The lowest BCUT2D eigenvalue weighted by Crippen LogP contribution is -2.48. The minimum Gasteiger partial charge on any atom is -0.381 e. The average molecular weight is 268 g/mol. The topological polar surface area (TPSA) is 42.0 Å². The molecule has 17 heavy (non-hydrogen) atoms. The van der Waals surface area contributed by atoms with Crippen molar-refractivity contribution >= 4 is 28.0 Å². The number of aromatic nitrogens is 1. The van der Waals surface area contributed by atoms with Gasteiger partial charge in [-0.05, 0) is 24.5 Å². The van der Waals surface area contributed by atoms with Crippen molar-refractivity contribution in [3.05, 3.63) is 30.1 Å². The molecule has 5 heteroatoms. The van der Waals surface area contributed by atoms with E-state index in [-0.39, 0.29) is 0 Å². The number of hydrogen-bond donors (Lipinski definition) is 1. The van der Waals surface area contributed by atoms with Gasteiger partial charge in [0.2, 0.25) is 0 Å². The van der Waals surface area contributed by atoms with Gasteiger partial charge in [-0.15, -0.1) is 0 Å². The van der Waals surface area contributed by atoms with E-state index in [1.807, 2.05) is 12.1 Å². The highest BCUT2D eigenvalue weighted by molar-refractivity contribution is 7.90. The highest BCUT2D eigenvalue weighted by Crippen LogP contribution is 2.38. The van der Waals surface area contributed by atoms with Crippen molar-refractivity contribution in [2.45, 2.75) is 24.0 Å². The van der Waals surface area contributed by atoms with Gasteiger partial charge in [0, 0.05) is 36.0 Å². The van der Waals surface area contributed by atoms with Crippen LogP contribution < -0.4 is 5.32 Å². The third kappa shape index (κ3) is 2.13. The van der Waals surface area contributed by atoms with Crippen molar-refractivity contribution < 1.29 is 4.21 Å². The maximum Gasteiger partial charge on any atom is 0.122 e. The van der Waals surface area contributed by atoms with Crippen LogP contribution in [0.3, 0.4) is 0 Å². The molecule has 3 nitrogen and oxygen atoms in total. The van der Waals surface area contributed by atoms with Crippen LogP contribution in [0.1, 0.15) is 24.8 Å². The average Bonchev–Trinajstić information content (AvgIpc) is 2.39. The molecule has 2 heterocycles. The number of hydrogen-bond acceptors (Lipinski definition) is 3. The molecule has 0 aromatic carbocycles. The SMILES string of the molecule is CNC(=S)[C@]1(c2cccnc2)CCCC[S@@]1=O. The second-order valence-corrected chi connectivity index (χ2v) is 6.36. The molecule has 0 saturated carbocycles. The molecule has 1 aromatic heterocycles. The summed E-state index contributed by atoms with van der Waals surface area (Å²) in [6, 6.07) is 3.85. The van der Waals surface area contributed by atoms with Crippen LogP contribution in [0.5, 0.6) is 0 Å². The van der Waals surface area contributed by atoms with Crippen LogP contribution in [0.2, 0.25) is 0 Å². The molecule has 0 bridgehead atoms. The third-order valence-electron chi connectivity index (χ3n) is 3.22. The van der Waals surface area contributed by atoms with Gasteiger partial charge in [0.15, 0.2) is 0 Å². The number of rotatable bonds is 2. The van der Waals surface area contributed by atoms with Gasteiger partial charge in [0.05, 0.1) is 4.99 Å². The molecule has 1 saturated heterocycles. The molecule has 0 amide bonds. The van der Waals surface area contributed by atoms with E-state index in [0.717, 1.165) is 30.6 Å². The summed E-state index contributed by atoms with van der Waals surface area (Å²) in [6.45, 7) is 0. The van der Waals surface area contributed by atoms with E-state index >= 15 is 0 Å². The fourth-order valence-electron chi connectivity index (χ4n) is 2.32. The second kappa shape index (κ2) is 5.23. The summed E-state index contributed by atoms with van der Waals surface area (Å²) in [7, 11) is 0.837. The first kappa shape index (κ1) is 12.6. The Hall–Kier alpha value is -0.810. The Morgan fingerprint density at radius 2 is 2.41 bits per heavy atom. The molecular weight excluding hydrogens is 252 g/mol. The molecule has 1 aromatic rings. The molecule has 1 N–H and O–H groups in total. The highest BCUT2D eigenvalue weighted by atomic mass is 32.2. The number of nitrogens with zero attached hydrogens (tertiary/aromatic N) is 1. The first-order valence-corrected chi connectivity index (χ1v) is 7.45. The first-order valence-electron chi connectivity index (χ1n) is 5.73. The van der Waals surface area contributed by atoms with Gasteiger partial charge >= 0.3 is 0 Å². The van der Waals surface area contributed by atoms with Gasteiger partial charge in [-0.2, -0.15) is 0 Å². The number of thiocarbonyl (C=S) groups is 1. The zero-order valence-corrected chi connectivity index (χ0v) is 11.4. The number of likely N-dealkylation sites (N-methyl/N-ethyl adjacent to an activating group) is 1. The largest absolute Gasteiger partial charge is 0.381 e. The molecule has 0 radical (unpaired) electrons. The summed E-state index contributed by atoms with van der Waals surface area (Å²) >= 11 is 5.41. The van der Waals surface area contributed by atoms with Gasteiger partial charge in [0.25, 0.3) is 0 Å². The van der Waals surface area contributed by atoms with Crippen molar-refractivity contribution in [1.82, 2.24) is 10.3 Å². The van der Waals surface area contributed by atoms with Crippen molar-refractivity contribution in [2.24, 2.45) is 0 Å². The predicted octanol–water partition coefficient (Wildman–Crippen LogP) is 1.76. The Bertz CT molecular complexity index is 425. The van der Waals surface area contributed by atoms with Crippen LogP contribution in [0.4, 0.5) is 0 Å². The van der Waals surface area contributed by atoms with Crippen LogP contribution in [0.15, 0.2) is 24.5 Å². The summed E-state index contributed by atoms with van der Waals surface area (Å²) in [6.07, 6.45) is 6.42. The molecule has 92 valence electrons. The summed E-state index contributed by atoms with van der Waals surface area (Å²) < 4.78 is 11.9. The standard InChI is InChI=1S/C12H16N2OS2/c1-13-11(16)12(6-2-3-8-17(12)15)10-5-4-7-14-9-10/h4-5,7,9H,2-3,6,8H2,1H3,(H,13,16)/t12-,17+/m1/s1. The highest BCUT2D eigenvalue weighted by Gasteiger charge is 2.44. The number of pyridine rings is 1. The fraction of sp³-hybridized carbons (Fsp3) is 0.500. The summed E-state index contributed by atoms with van der Waals surface area (Å²) in [5, 5.41) is 3.02. The monoisotopic (exact) mass is 268 g/mol. The van der Waals surface area contributed by atoms with Gasteiger partial charge in [-0.25, -0.2) is 0 Å². The van der Waals surface area contributed by atoms with Crippen molar-refractivity contribution in [3.63, 3.8) is 0 Å². The Morgan fingerprint density at radius 1 is 1.59 bits per heavy atom. The second-order valence-electron chi connectivity index (χ2n) is 4.15. The van der Waals surface area contributed by atoms with E-state index in [0.29, 0.717) is 4.99 Å². The lowest BCUT2D eigenvalue weighted by molar-refractivity contribution is 0.573. The van der Waals surface area contributed by atoms with Gasteiger partial charge in [0.1, 0.15) is 4.75 Å². The van der Waals surface area contributed by atoms with E-state index in [1.54, 1.807) is 19.4 Å². The van der Waals surface area contributed by atoms with E-state index in [2.05, 4.69) is 10.3 Å². The number of nitrogens with one attached hydrogen (secondary N) is 1. The Morgan fingerprint density at radius 3 is 3.00 bits per heavy atom. The molecule has 1 aliphatic heterocycles. The quantitative estimate of drug-likeness (QED) is 0.830. The summed E-state index contributed by atoms with van der Waals surface area (Å²) in [5.41, 5.74) is 0.970. The molecule has 2 rings (SSSR count). The minimum atomic E-state index is -0.961. The minimum absolute atomic E-state index is 0.531. The van der Waals surface area contributed by atoms with E-state index in [4.69, 9.17) is 12.2 Å². The predicted molar refractivity (Wildman–Crippen MR) is 74.4 cm³/mol. The van der Waals surface area contributed by atoms with Gasteiger partial charge in [-0.3, -0.25) is 9.19 Å². The van der Waals surface area contributed by atoms with E-state index in [1.165, 1.54) is 0 Å². The zero-order chi connectivity index (χ0) is 12.3. The van der Waals surface area contributed by atoms with Crippen molar-refractivity contribution in [1.29, 1.82) is 0 Å². The summed E-state index contributed by atoms with van der Waals surface area (Å²) in [5.74, 6) is 0.719. The van der Waals surface area contributed by atoms with Gasteiger partial charge in [-0.1, -0.05) is 24.7 Å². The zero-order valence-electron chi connectivity index (χ0n) is 9.81. The Balaban J connectivity index is 2.50. The van der Waals surface area contributed by atoms with E-state index < -0.39 is 15.5 Å². The smallest absolute Gasteiger partial charge is 0.122 e. The maximum atomic E-state index is 12.5. The summed E-state index contributed by atoms with van der Waals surface area (Å²) in [4.78, 5) is 4.80. The van der Waals surface area contributed by atoms with Crippen LogP contribution in [0.25, 0.3) is 0 Å². The van der Waals surface area contributed by atoms with E-state index in [9.17, 15) is 4.21 Å². The normalized spacial score (nSPS) is 28.6. The van der Waals surface area contributed by atoms with Crippen molar-refractivity contribution in [3.8, 4) is 0 Å². The maximum absolute atomic E-state index is 12.5.